The number of thiazole rings is 1. The highest BCUT2D eigenvalue weighted by atomic mass is 35.5. The molecule has 3 atom stereocenters. The number of nitrogens with zero attached hydrogens (tertiary/aromatic N) is 2. The van der Waals surface area contributed by atoms with Crippen LogP contribution in [0.2, 0.25) is 0 Å². The van der Waals surface area contributed by atoms with E-state index in [2.05, 4.69) is 15.6 Å². The normalized spacial score (nSPS) is 17.6. The Balaban J connectivity index is 0.00000588. The minimum absolute atomic E-state index is 0. The Labute approximate surface area is 251 Å². The Morgan fingerprint density at radius 3 is 2.46 bits per heavy atom. The first-order valence-electron chi connectivity index (χ1n) is 13.4. The smallest absolute Gasteiger partial charge is 0.246 e. The van der Waals surface area contributed by atoms with E-state index in [1.165, 1.54) is 4.90 Å². The molecule has 11 nitrogen and oxygen atoms in total. The average molecular weight is 612 g/mol. The first-order valence-corrected chi connectivity index (χ1v) is 14.3. The van der Waals surface area contributed by atoms with Crippen LogP contribution in [0.15, 0.2) is 29.8 Å². The van der Waals surface area contributed by atoms with Gasteiger partial charge in [0.2, 0.25) is 17.7 Å². The third-order valence-electron chi connectivity index (χ3n) is 6.58. The number of rotatable bonds is 13. The molecular weight excluding hydrogens is 570 g/mol. The summed E-state index contributed by atoms with van der Waals surface area (Å²) in [7, 11) is 0. The van der Waals surface area contributed by atoms with Gasteiger partial charge in [-0.3, -0.25) is 14.4 Å². The molecule has 2 heterocycles. The van der Waals surface area contributed by atoms with Crippen LogP contribution in [0, 0.1) is 12.3 Å². The number of carbonyl (C=O) groups excluding carboxylic acids is 3. The number of aliphatic hydroxyl groups is 1. The number of ether oxygens (including phenoxy) is 2. The minimum atomic E-state index is -0.916. The Morgan fingerprint density at radius 1 is 1.17 bits per heavy atom. The van der Waals surface area contributed by atoms with E-state index in [-0.39, 0.29) is 51.0 Å². The van der Waals surface area contributed by atoms with Gasteiger partial charge in [0.15, 0.2) is 0 Å². The van der Waals surface area contributed by atoms with Gasteiger partial charge in [-0.15, -0.1) is 23.7 Å². The summed E-state index contributed by atoms with van der Waals surface area (Å²) < 4.78 is 10.6. The van der Waals surface area contributed by atoms with Gasteiger partial charge in [0.05, 0.1) is 42.0 Å². The maximum atomic E-state index is 13.6. The third kappa shape index (κ3) is 10.0. The fraction of sp³-hybridized carbons (Fsp3) is 0.571. The van der Waals surface area contributed by atoms with Gasteiger partial charge in [-0.2, -0.15) is 0 Å². The molecule has 0 bridgehead atoms. The van der Waals surface area contributed by atoms with E-state index in [9.17, 15) is 19.5 Å². The van der Waals surface area contributed by atoms with Crippen molar-refractivity contribution in [3.8, 4) is 10.4 Å². The van der Waals surface area contributed by atoms with Crippen LogP contribution in [0.3, 0.4) is 0 Å². The zero-order valence-corrected chi connectivity index (χ0v) is 25.7. The summed E-state index contributed by atoms with van der Waals surface area (Å²) in [5.74, 6) is -1.23. The highest BCUT2D eigenvalue weighted by molar-refractivity contribution is 7.13. The number of β-amino-alcohol motifs (C(OH)–C–C–N with tert-alkyl or cyclic N) is 1. The van der Waals surface area contributed by atoms with Crippen molar-refractivity contribution in [3.05, 3.63) is 41.0 Å². The molecule has 3 rings (SSSR count). The molecule has 2 aromatic rings. The predicted octanol–water partition coefficient (Wildman–Crippen LogP) is 1.64. The largest absolute Gasteiger partial charge is 0.391 e. The number of likely N-dealkylation sites (tertiary alicyclic amines) is 1. The molecule has 0 saturated carbocycles. The molecule has 1 aromatic heterocycles. The molecule has 41 heavy (non-hydrogen) atoms. The minimum Gasteiger partial charge on any atom is -0.391 e. The topological polar surface area (TPSA) is 156 Å². The molecule has 1 aliphatic heterocycles. The lowest BCUT2D eigenvalue weighted by Crippen LogP contribution is -2.58. The SMILES string of the molecule is Cc1ncsc1-c1ccc(CNC(=O)C2C[C@@H](O)CN2C(=O)C(NC(=O)COCCOCCN)C(C)(C)C)cc1.Cl. The number of aliphatic hydroxyl groups excluding tert-OH is 1. The van der Waals surface area contributed by atoms with Crippen molar-refractivity contribution < 1.29 is 29.0 Å². The molecule has 228 valence electrons. The van der Waals surface area contributed by atoms with Crippen molar-refractivity contribution in [3.63, 3.8) is 0 Å². The van der Waals surface area contributed by atoms with Gasteiger partial charge in [-0.1, -0.05) is 45.0 Å². The van der Waals surface area contributed by atoms with Gasteiger partial charge in [-0.05, 0) is 23.5 Å². The summed E-state index contributed by atoms with van der Waals surface area (Å²) in [5.41, 5.74) is 9.47. The monoisotopic (exact) mass is 611 g/mol. The molecular formula is C28H42ClN5O6S. The lowest BCUT2D eigenvalue weighted by Gasteiger charge is -2.35. The molecule has 13 heteroatoms. The lowest BCUT2D eigenvalue weighted by atomic mass is 9.85. The summed E-state index contributed by atoms with van der Waals surface area (Å²) in [6, 6.07) is 6.10. The average Bonchev–Trinajstić information content (AvgIpc) is 3.52. The summed E-state index contributed by atoms with van der Waals surface area (Å²) in [5, 5.41) is 16.0. The van der Waals surface area contributed by atoms with E-state index >= 15 is 0 Å². The second kappa shape index (κ2) is 16.1. The molecule has 0 aliphatic carbocycles. The quantitative estimate of drug-likeness (QED) is 0.249. The number of benzene rings is 1. The molecule has 5 N–H and O–H groups in total. The Kier molecular flexibility index (Phi) is 13.6. The van der Waals surface area contributed by atoms with E-state index in [1.807, 2.05) is 57.5 Å². The van der Waals surface area contributed by atoms with Crippen LogP contribution < -0.4 is 16.4 Å². The number of nitrogens with one attached hydrogen (secondary N) is 2. The molecule has 1 saturated heterocycles. The zero-order chi connectivity index (χ0) is 29.3. The van der Waals surface area contributed by atoms with Gasteiger partial charge in [0, 0.05) is 26.1 Å². The van der Waals surface area contributed by atoms with Crippen LogP contribution in [0.5, 0.6) is 0 Å². The molecule has 2 unspecified atom stereocenters. The maximum Gasteiger partial charge on any atom is 0.246 e. The highest BCUT2D eigenvalue weighted by Gasteiger charge is 2.44. The van der Waals surface area contributed by atoms with E-state index in [0.29, 0.717) is 19.8 Å². The second-order valence-corrected chi connectivity index (χ2v) is 11.8. The lowest BCUT2D eigenvalue weighted by molar-refractivity contribution is -0.144. The third-order valence-corrected chi connectivity index (χ3v) is 7.56. The van der Waals surface area contributed by atoms with Crippen molar-refractivity contribution in [1.29, 1.82) is 0 Å². The molecule has 3 amide bonds. The van der Waals surface area contributed by atoms with E-state index in [1.54, 1.807) is 11.3 Å². The number of hydrogen-bond acceptors (Lipinski definition) is 9. The molecule has 1 aromatic carbocycles. The predicted molar refractivity (Wildman–Crippen MR) is 160 cm³/mol. The van der Waals surface area contributed by atoms with E-state index < -0.39 is 35.4 Å². The number of hydrogen-bond donors (Lipinski definition) is 4. The van der Waals surface area contributed by atoms with Crippen molar-refractivity contribution in [2.24, 2.45) is 11.1 Å². The van der Waals surface area contributed by atoms with Crippen molar-refractivity contribution in [2.45, 2.75) is 58.8 Å². The fourth-order valence-electron chi connectivity index (χ4n) is 4.45. The number of nitrogens with two attached hydrogens (primary N) is 1. The van der Waals surface area contributed by atoms with Gasteiger partial charge >= 0.3 is 0 Å². The first kappa shape index (κ1) is 34.6. The van der Waals surface area contributed by atoms with E-state index in [4.69, 9.17) is 15.2 Å². The van der Waals surface area contributed by atoms with Crippen LogP contribution in [-0.4, -0.2) is 90.4 Å². The van der Waals surface area contributed by atoms with Crippen molar-refractivity contribution in [1.82, 2.24) is 20.5 Å². The molecule has 1 fully saturated rings. The Bertz CT molecular complexity index is 1140. The summed E-state index contributed by atoms with van der Waals surface area (Å²) >= 11 is 1.58. The summed E-state index contributed by atoms with van der Waals surface area (Å²) in [6.07, 6.45) is -0.715. The van der Waals surface area contributed by atoms with Crippen LogP contribution >= 0.6 is 23.7 Å². The number of amides is 3. The molecule has 1 aliphatic rings. The first-order chi connectivity index (χ1) is 19.0. The number of aryl methyl sites for hydroxylation is 1. The highest BCUT2D eigenvalue weighted by Crippen LogP contribution is 2.28. The number of carbonyl (C=O) groups is 3. The number of halogens is 1. The van der Waals surface area contributed by atoms with Gasteiger partial charge in [-0.25, -0.2) is 4.98 Å². The van der Waals surface area contributed by atoms with Gasteiger partial charge in [0.1, 0.15) is 18.7 Å². The number of aromatic nitrogens is 1. The van der Waals surface area contributed by atoms with Crippen molar-refractivity contribution in [2.75, 3.05) is 39.5 Å². The van der Waals surface area contributed by atoms with Crippen LogP contribution in [0.1, 0.15) is 38.4 Å². The second-order valence-electron chi connectivity index (χ2n) is 10.9. The molecule has 0 spiro atoms. The maximum absolute atomic E-state index is 13.6. The molecule has 0 radical (unpaired) electrons. The summed E-state index contributed by atoms with van der Waals surface area (Å²) in [6.45, 7) is 8.85. The fourth-order valence-corrected chi connectivity index (χ4v) is 5.26. The zero-order valence-electron chi connectivity index (χ0n) is 24.1. The van der Waals surface area contributed by atoms with E-state index in [0.717, 1.165) is 21.7 Å². The Hall–Kier alpha value is -2.61. The Morgan fingerprint density at radius 2 is 1.85 bits per heavy atom. The van der Waals surface area contributed by atoms with Gasteiger partial charge in [0.25, 0.3) is 0 Å². The standard InChI is InChI=1S/C28H41N5O6S.ClH/c1-18-24(40-17-31-18)20-7-5-19(6-8-20)14-30-26(36)22-13-21(34)15-33(22)27(37)25(28(2,3)4)32-23(35)16-39-12-11-38-10-9-29;/h5-8,17,21-22,25,34H,9-16,29H2,1-4H3,(H,30,36)(H,32,35);1H/t21-,22?,25?;/m1./s1. The van der Waals surface area contributed by atoms with Gasteiger partial charge < -0.3 is 35.8 Å². The van der Waals surface area contributed by atoms with Crippen LogP contribution in [0.4, 0.5) is 0 Å². The van der Waals surface area contributed by atoms with Crippen LogP contribution in [0.25, 0.3) is 10.4 Å². The van der Waals surface area contributed by atoms with Crippen molar-refractivity contribution >= 4 is 41.5 Å². The van der Waals surface area contributed by atoms with Crippen LogP contribution in [-0.2, 0) is 30.4 Å². The summed E-state index contributed by atoms with van der Waals surface area (Å²) in [4.78, 5) is 46.1.